The number of alkyl carbamates (subject to hydrolysis) is 2. The minimum atomic E-state index is -1.54. The number of carboxylic acid groups (broad SMARTS) is 1. The van der Waals surface area contributed by atoms with Gasteiger partial charge in [0.25, 0.3) is 11.8 Å². The van der Waals surface area contributed by atoms with Gasteiger partial charge in [0, 0.05) is 0 Å². The molecule has 1 rings (SSSR count). The highest BCUT2D eigenvalue weighted by Gasteiger charge is 2.30. The predicted molar refractivity (Wildman–Crippen MR) is 178 cm³/mol. The molecule has 278 valence electrons. The fraction of sp³-hybridized carbons (Fsp3) is 0.636. The lowest BCUT2D eigenvalue weighted by Gasteiger charge is -2.26. The van der Waals surface area contributed by atoms with Crippen LogP contribution in [0.15, 0.2) is 30.3 Å². The average molecular weight is 699 g/mol. The van der Waals surface area contributed by atoms with Gasteiger partial charge in [0.2, 0.25) is 0 Å². The summed E-state index contributed by atoms with van der Waals surface area (Å²) in [4.78, 5) is 69.5. The maximum atomic E-state index is 12.1. The van der Waals surface area contributed by atoms with E-state index in [9.17, 15) is 39.0 Å². The number of benzene rings is 1. The van der Waals surface area contributed by atoms with E-state index in [1.165, 1.54) is 0 Å². The van der Waals surface area contributed by atoms with Crippen LogP contribution < -0.4 is 21.3 Å². The van der Waals surface area contributed by atoms with Crippen LogP contribution in [0.25, 0.3) is 0 Å². The molecule has 0 radical (unpaired) electrons. The van der Waals surface area contributed by atoms with Crippen LogP contribution in [-0.2, 0) is 40.0 Å². The van der Waals surface area contributed by atoms with Gasteiger partial charge in [0.05, 0.1) is 12.1 Å². The van der Waals surface area contributed by atoms with Gasteiger partial charge in [-0.05, 0) is 59.9 Å². The third-order valence-electron chi connectivity index (χ3n) is 5.97. The van der Waals surface area contributed by atoms with Gasteiger partial charge < -0.3 is 50.8 Å². The number of carbonyl (C=O) groups excluding carboxylic acids is 5. The van der Waals surface area contributed by atoms with E-state index in [-0.39, 0.29) is 13.2 Å². The summed E-state index contributed by atoms with van der Waals surface area (Å²) in [7, 11) is 0. The number of hydrogen-bond acceptors (Lipinski definition) is 11. The van der Waals surface area contributed by atoms with Crippen molar-refractivity contribution < 1.29 is 58.3 Å². The molecule has 0 aliphatic rings. The molecule has 0 bridgehead atoms. The first-order valence-corrected chi connectivity index (χ1v) is 16.0. The Kier molecular flexibility index (Phi) is 20.2. The smallest absolute Gasteiger partial charge is 0.407 e. The lowest BCUT2D eigenvalue weighted by Crippen LogP contribution is -2.52. The van der Waals surface area contributed by atoms with Crippen molar-refractivity contribution in [3.8, 4) is 0 Å². The van der Waals surface area contributed by atoms with Crippen molar-refractivity contribution in [3.63, 3.8) is 0 Å². The molecule has 16 nitrogen and oxygen atoms in total. The summed E-state index contributed by atoms with van der Waals surface area (Å²) in [6.07, 6.45) is -2.57. The van der Waals surface area contributed by atoms with E-state index in [2.05, 4.69) is 21.3 Å². The quantitative estimate of drug-likeness (QED) is 0.0971. The molecule has 0 aromatic heterocycles. The Morgan fingerprint density at radius 2 is 1.10 bits per heavy atom. The topological polar surface area (TPSA) is 239 Å². The molecule has 4 amide bonds. The molecule has 1 aromatic carbocycles. The van der Waals surface area contributed by atoms with Crippen molar-refractivity contribution in [2.75, 3.05) is 13.1 Å². The second-order valence-electron chi connectivity index (χ2n) is 12.9. The standard InChI is InChI=1S/C20H30N2O6.C13H24N2O6/c1-5-9-15(22-19(26)28-20(2,3)4)17(24)18(25)21-12-16(23)27-13-14-10-7-6-8-11-14;1-5-6-8(15-12(20)21-13(2,3)4)10(18)11(19)14-7-9(16)17/h6-8,10-11,15,17,24H,5,9,12-13H2,1-4H3,(H,21,25)(H,22,26);8,10,18H,5-7H2,1-4H3,(H,14,19)(H,15,20)(H,16,17). The molecule has 4 atom stereocenters. The SMILES string of the molecule is CCCC(NC(=O)OC(C)(C)C)C(O)C(=O)NCC(=O)O.CCCC(NC(=O)OC(C)(C)C)C(O)C(=O)NCC(=O)OCc1ccccc1. The molecule has 4 unspecified atom stereocenters. The van der Waals surface area contributed by atoms with Gasteiger partial charge in [-0.25, -0.2) is 9.59 Å². The molecule has 0 spiro atoms. The molecule has 0 saturated carbocycles. The number of esters is 1. The predicted octanol–water partition coefficient (Wildman–Crippen LogP) is 2.14. The first-order valence-electron chi connectivity index (χ1n) is 16.0. The number of amides is 4. The van der Waals surface area contributed by atoms with Crippen LogP contribution in [-0.4, -0.2) is 99.8 Å². The fourth-order valence-electron chi connectivity index (χ4n) is 3.84. The zero-order valence-electron chi connectivity index (χ0n) is 29.7. The van der Waals surface area contributed by atoms with Crippen LogP contribution in [0, 0.1) is 0 Å². The molecule has 0 aliphatic heterocycles. The highest BCUT2D eigenvalue weighted by molar-refractivity contribution is 5.86. The third-order valence-corrected chi connectivity index (χ3v) is 5.97. The number of carbonyl (C=O) groups is 6. The number of aliphatic hydroxyl groups is 2. The maximum absolute atomic E-state index is 12.1. The molecule has 1 aromatic rings. The second-order valence-corrected chi connectivity index (χ2v) is 12.9. The molecule has 0 heterocycles. The van der Waals surface area contributed by atoms with E-state index in [1.807, 2.05) is 44.2 Å². The molecular weight excluding hydrogens is 644 g/mol. The lowest BCUT2D eigenvalue weighted by atomic mass is 10.1. The monoisotopic (exact) mass is 698 g/mol. The summed E-state index contributed by atoms with van der Waals surface area (Å²) in [5, 5.41) is 37.9. The van der Waals surface area contributed by atoms with Crippen molar-refractivity contribution in [2.45, 2.75) is 123 Å². The Hall–Kier alpha value is -4.44. The number of aliphatic carboxylic acids is 1. The van der Waals surface area contributed by atoms with Crippen molar-refractivity contribution in [1.82, 2.24) is 21.3 Å². The number of carboxylic acids is 1. The van der Waals surface area contributed by atoms with Gasteiger partial charge in [-0.15, -0.1) is 0 Å². The molecule has 0 fully saturated rings. The highest BCUT2D eigenvalue weighted by Crippen LogP contribution is 2.11. The fourth-order valence-corrected chi connectivity index (χ4v) is 3.84. The summed E-state index contributed by atoms with van der Waals surface area (Å²) < 4.78 is 15.3. The zero-order valence-corrected chi connectivity index (χ0v) is 29.7. The normalized spacial score (nSPS) is 13.5. The van der Waals surface area contributed by atoms with Crippen LogP contribution in [0.2, 0.25) is 0 Å². The van der Waals surface area contributed by atoms with E-state index < -0.39 is 78.0 Å². The van der Waals surface area contributed by atoms with E-state index in [0.717, 1.165) is 5.56 Å². The van der Waals surface area contributed by atoms with Crippen molar-refractivity contribution in [3.05, 3.63) is 35.9 Å². The van der Waals surface area contributed by atoms with Crippen LogP contribution >= 0.6 is 0 Å². The largest absolute Gasteiger partial charge is 0.480 e. The van der Waals surface area contributed by atoms with Crippen LogP contribution in [0.4, 0.5) is 9.59 Å². The van der Waals surface area contributed by atoms with Gasteiger partial charge in [-0.2, -0.15) is 0 Å². The number of rotatable bonds is 16. The minimum Gasteiger partial charge on any atom is -0.480 e. The van der Waals surface area contributed by atoms with Gasteiger partial charge in [-0.3, -0.25) is 19.2 Å². The summed E-state index contributed by atoms with van der Waals surface area (Å²) in [6.45, 7) is 13.0. The number of hydrogen-bond donors (Lipinski definition) is 7. The van der Waals surface area contributed by atoms with Crippen LogP contribution in [0.1, 0.15) is 86.6 Å². The maximum Gasteiger partial charge on any atom is 0.407 e. The van der Waals surface area contributed by atoms with E-state index in [0.29, 0.717) is 25.7 Å². The first kappa shape index (κ1) is 44.6. The Balaban J connectivity index is 0.000000983. The Labute approximate surface area is 287 Å². The molecule has 0 saturated heterocycles. The van der Waals surface area contributed by atoms with Crippen molar-refractivity contribution in [1.29, 1.82) is 0 Å². The van der Waals surface area contributed by atoms with Gasteiger partial charge >= 0.3 is 24.1 Å². The van der Waals surface area contributed by atoms with Crippen molar-refractivity contribution in [2.24, 2.45) is 0 Å². The molecule has 0 aliphatic carbocycles. The Bertz CT molecular complexity index is 1200. The summed E-state index contributed by atoms with van der Waals surface area (Å²) in [5.74, 6) is -3.47. The van der Waals surface area contributed by atoms with Crippen molar-refractivity contribution >= 4 is 35.9 Å². The molecular formula is C33H54N4O12. The Morgan fingerprint density at radius 1 is 0.694 bits per heavy atom. The van der Waals surface area contributed by atoms with E-state index in [1.54, 1.807) is 41.5 Å². The van der Waals surface area contributed by atoms with Crippen LogP contribution in [0.3, 0.4) is 0 Å². The number of aliphatic hydroxyl groups excluding tert-OH is 2. The van der Waals surface area contributed by atoms with E-state index >= 15 is 0 Å². The second kappa shape index (κ2) is 22.2. The average Bonchev–Trinajstić information content (AvgIpc) is 2.99. The highest BCUT2D eigenvalue weighted by atomic mass is 16.6. The molecule has 16 heteroatoms. The summed E-state index contributed by atoms with van der Waals surface area (Å²) in [5.41, 5.74) is -0.569. The van der Waals surface area contributed by atoms with E-state index in [4.69, 9.17) is 19.3 Å². The van der Waals surface area contributed by atoms with Crippen LogP contribution in [0.5, 0.6) is 0 Å². The van der Waals surface area contributed by atoms with Gasteiger partial charge in [0.15, 0.2) is 12.2 Å². The Morgan fingerprint density at radius 3 is 1.47 bits per heavy atom. The number of nitrogens with one attached hydrogen (secondary N) is 4. The van der Waals surface area contributed by atoms with Gasteiger partial charge in [-0.1, -0.05) is 57.0 Å². The molecule has 7 N–H and O–H groups in total. The zero-order chi connectivity index (χ0) is 37.8. The summed E-state index contributed by atoms with van der Waals surface area (Å²) >= 11 is 0. The third kappa shape index (κ3) is 21.9. The summed E-state index contributed by atoms with van der Waals surface area (Å²) in [6, 6.07) is 7.45. The first-order chi connectivity index (χ1) is 22.7. The lowest BCUT2D eigenvalue weighted by molar-refractivity contribution is -0.146. The minimum absolute atomic E-state index is 0.0940. The molecule has 49 heavy (non-hydrogen) atoms. The van der Waals surface area contributed by atoms with Gasteiger partial charge in [0.1, 0.15) is 30.9 Å². The number of ether oxygens (including phenoxy) is 3.